The van der Waals surface area contributed by atoms with Crippen molar-refractivity contribution in [3.63, 3.8) is 0 Å². The lowest BCUT2D eigenvalue weighted by atomic mass is 10.2. The van der Waals surface area contributed by atoms with E-state index in [9.17, 15) is 14.9 Å². The molecule has 0 spiro atoms. The van der Waals surface area contributed by atoms with Crippen molar-refractivity contribution in [1.29, 1.82) is 5.26 Å². The Kier molecular flexibility index (Phi) is 6.86. The molecule has 22 heavy (non-hydrogen) atoms. The molecule has 0 amide bonds. The Bertz CT molecular complexity index is 596. The summed E-state index contributed by atoms with van der Waals surface area (Å²) >= 11 is 1.40. The highest BCUT2D eigenvalue weighted by Gasteiger charge is 2.19. The first-order chi connectivity index (χ1) is 10.3. The number of rotatable bonds is 7. The third-order valence-electron chi connectivity index (χ3n) is 2.81. The number of esters is 1. The second kappa shape index (κ2) is 8.39. The van der Waals surface area contributed by atoms with Crippen molar-refractivity contribution in [2.24, 2.45) is 5.92 Å². The first-order valence-electron chi connectivity index (χ1n) is 6.87. The van der Waals surface area contributed by atoms with Gasteiger partial charge < -0.3 is 4.74 Å². The molecule has 0 saturated carbocycles. The molecule has 1 aromatic carbocycles. The molecule has 1 aromatic rings. The maximum absolute atomic E-state index is 11.8. The van der Waals surface area contributed by atoms with E-state index in [1.165, 1.54) is 30.8 Å². The molecule has 0 aliphatic heterocycles. The molecule has 7 heteroatoms. The number of carbonyl (C=O) groups excluding carboxylic acids is 1. The van der Waals surface area contributed by atoms with Crippen LogP contribution < -0.4 is 0 Å². The van der Waals surface area contributed by atoms with Crippen molar-refractivity contribution in [3.05, 3.63) is 33.9 Å². The van der Waals surface area contributed by atoms with Crippen LogP contribution in [0.15, 0.2) is 23.1 Å². The van der Waals surface area contributed by atoms with Crippen LogP contribution in [0.2, 0.25) is 0 Å². The van der Waals surface area contributed by atoms with E-state index in [-0.39, 0.29) is 11.3 Å². The van der Waals surface area contributed by atoms with Gasteiger partial charge in [-0.05, 0) is 37.1 Å². The van der Waals surface area contributed by atoms with Gasteiger partial charge in [-0.1, -0.05) is 13.8 Å². The fourth-order valence-corrected chi connectivity index (χ4v) is 2.82. The van der Waals surface area contributed by atoms with Crippen LogP contribution in [0.1, 0.15) is 37.6 Å². The summed E-state index contributed by atoms with van der Waals surface area (Å²) in [5, 5.41) is 19.8. The van der Waals surface area contributed by atoms with E-state index in [4.69, 9.17) is 10.00 Å². The second-order valence-electron chi connectivity index (χ2n) is 5.15. The van der Waals surface area contributed by atoms with E-state index in [2.05, 4.69) is 13.8 Å². The van der Waals surface area contributed by atoms with Gasteiger partial charge in [-0.25, -0.2) is 4.79 Å². The highest BCUT2D eigenvalue weighted by molar-refractivity contribution is 7.99. The minimum atomic E-state index is -0.897. The summed E-state index contributed by atoms with van der Waals surface area (Å²) in [6.07, 6.45) is 0.0531. The minimum Gasteiger partial charge on any atom is -0.444 e. The van der Waals surface area contributed by atoms with Gasteiger partial charge in [-0.15, -0.1) is 11.8 Å². The maximum atomic E-state index is 11.8. The van der Waals surface area contributed by atoms with Crippen molar-refractivity contribution in [3.8, 4) is 6.07 Å². The summed E-state index contributed by atoms with van der Waals surface area (Å²) in [5.41, 5.74) is -0.0465. The molecule has 118 valence electrons. The second-order valence-corrected chi connectivity index (χ2v) is 6.28. The molecule has 6 nitrogen and oxygen atoms in total. The number of hydrogen-bond donors (Lipinski definition) is 0. The van der Waals surface area contributed by atoms with Crippen LogP contribution in [0, 0.1) is 27.4 Å². The summed E-state index contributed by atoms with van der Waals surface area (Å²) in [6.45, 7) is 5.61. The first-order valence-corrected chi connectivity index (χ1v) is 7.85. The van der Waals surface area contributed by atoms with Gasteiger partial charge >= 0.3 is 5.97 Å². The van der Waals surface area contributed by atoms with Gasteiger partial charge in [0.05, 0.1) is 15.4 Å². The number of ether oxygens (including phenoxy) is 1. The van der Waals surface area contributed by atoms with E-state index in [1.807, 2.05) is 0 Å². The summed E-state index contributed by atoms with van der Waals surface area (Å²) in [6, 6.07) is 6.01. The number of nitro benzene ring substituents is 1. The average molecular weight is 322 g/mol. The van der Waals surface area contributed by atoms with Crippen LogP contribution in [-0.2, 0) is 4.74 Å². The normalized spacial score (nSPS) is 11.8. The van der Waals surface area contributed by atoms with E-state index in [0.29, 0.717) is 10.8 Å². The zero-order valence-corrected chi connectivity index (χ0v) is 13.6. The molecule has 0 saturated heterocycles. The van der Waals surface area contributed by atoms with Crippen molar-refractivity contribution >= 4 is 23.4 Å². The SMILES string of the molecule is CC(C)CCSc1ccc(C(=O)O[C@H](C)C#N)cc1[N+](=O)[O-]. The van der Waals surface area contributed by atoms with Gasteiger partial charge in [0.25, 0.3) is 5.69 Å². The first kappa shape index (κ1) is 18.0. The molecular formula is C15H18N2O4S. The smallest absolute Gasteiger partial charge is 0.339 e. The number of nitro groups is 1. The van der Waals surface area contributed by atoms with E-state index >= 15 is 0 Å². The van der Waals surface area contributed by atoms with Crippen LogP contribution in [0.3, 0.4) is 0 Å². The number of thioether (sulfide) groups is 1. The molecule has 0 aromatic heterocycles. The average Bonchev–Trinajstić information content (AvgIpc) is 2.46. The number of hydrogen-bond acceptors (Lipinski definition) is 6. The molecule has 0 aliphatic carbocycles. The van der Waals surface area contributed by atoms with Crippen molar-refractivity contribution in [2.75, 3.05) is 5.75 Å². The minimum absolute atomic E-state index is 0.0713. The summed E-state index contributed by atoms with van der Waals surface area (Å²) in [4.78, 5) is 23.0. The monoisotopic (exact) mass is 322 g/mol. The van der Waals surface area contributed by atoms with E-state index < -0.39 is 17.0 Å². The molecule has 0 aliphatic rings. The molecule has 0 radical (unpaired) electrons. The summed E-state index contributed by atoms with van der Waals surface area (Å²) in [7, 11) is 0. The molecule has 0 heterocycles. The standard InChI is InChI=1S/C15H18N2O4S/c1-10(2)6-7-22-14-5-4-12(8-13(14)17(19)20)15(18)21-11(3)9-16/h4-5,8,10-11H,6-7H2,1-3H3/t11-/m1/s1. The zero-order valence-electron chi connectivity index (χ0n) is 12.7. The summed E-state index contributed by atoms with van der Waals surface area (Å²) in [5.74, 6) is 0.553. The molecule has 0 N–H and O–H groups in total. The topological polar surface area (TPSA) is 93.2 Å². The van der Waals surface area contributed by atoms with E-state index in [0.717, 1.165) is 12.2 Å². The lowest BCUT2D eigenvalue weighted by molar-refractivity contribution is -0.387. The Morgan fingerprint density at radius 1 is 1.45 bits per heavy atom. The Hall–Kier alpha value is -2.07. The van der Waals surface area contributed by atoms with Gasteiger partial charge in [0.1, 0.15) is 6.07 Å². The number of nitrogens with zero attached hydrogens (tertiary/aromatic N) is 2. The molecule has 0 bridgehead atoms. The van der Waals surface area contributed by atoms with E-state index in [1.54, 1.807) is 12.1 Å². The quantitative estimate of drug-likeness (QED) is 0.328. The van der Waals surface area contributed by atoms with Crippen molar-refractivity contribution < 1.29 is 14.5 Å². The predicted octanol–water partition coefficient (Wildman–Crippen LogP) is 3.80. The zero-order chi connectivity index (χ0) is 16.7. The van der Waals surface area contributed by atoms with Gasteiger partial charge in [-0.2, -0.15) is 5.26 Å². The van der Waals surface area contributed by atoms with Crippen LogP contribution in [0.5, 0.6) is 0 Å². The fraction of sp³-hybridized carbons (Fsp3) is 0.467. The predicted molar refractivity (Wildman–Crippen MR) is 83.8 cm³/mol. The van der Waals surface area contributed by atoms with Crippen LogP contribution >= 0.6 is 11.8 Å². The van der Waals surface area contributed by atoms with Crippen LogP contribution in [-0.4, -0.2) is 22.7 Å². The van der Waals surface area contributed by atoms with Gasteiger partial charge in [-0.3, -0.25) is 10.1 Å². The molecule has 0 fully saturated rings. The van der Waals surface area contributed by atoms with Crippen molar-refractivity contribution in [2.45, 2.75) is 38.2 Å². The summed E-state index contributed by atoms with van der Waals surface area (Å²) < 4.78 is 4.84. The van der Waals surface area contributed by atoms with Gasteiger partial charge in [0.2, 0.25) is 0 Å². The lowest BCUT2D eigenvalue weighted by Crippen LogP contribution is -2.13. The van der Waals surface area contributed by atoms with Crippen LogP contribution in [0.25, 0.3) is 0 Å². The molecular weight excluding hydrogens is 304 g/mol. The third kappa shape index (κ3) is 5.37. The lowest BCUT2D eigenvalue weighted by Gasteiger charge is -2.08. The largest absolute Gasteiger partial charge is 0.444 e. The molecule has 1 atom stereocenters. The third-order valence-corrected chi connectivity index (χ3v) is 3.91. The molecule has 0 unspecified atom stereocenters. The van der Waals surface area contributed by atoms with Gasteiger partial charge in [0, 0.05) is 6.07 Å². The Balaban J connectivity index is 2.92. The fourth-order valence-electron chi connectivity index (χ4n) is 1.57. The molecule has 1 rings (SSSR count). The highest BCUT2D eigenvalue weighted by atomic mass is 32.2. The Morgan fingerprint density at radius 2 is 2.14 bits per heavy atom. The van der Waals surface area contributed by atoms with Crippen molar-refractivity contribution in [1.82, 2.24) is 0 Å². The number of carbonyl (C=O) groups is 1. The van der Waals surface area contributed by atoms with Crippen LogP contribution in [0.4, 0.5) is 5.69 Å². The Morgan fingerprint density at radius 3 is 2.68 bits per heavy atom. The number of benzene rings is 1. The highest BCUT2D eigenvalue weighted by Crippen LogP contribution is 2.31. The van der Waals surface area contributed by atoms with Gasteiger partial charge in [0.15, 0.2) is 6.10 Å². The number of nitriles is 1. The maximum Gasteiger partial charge on any atom is 0.339 e. The Labute approximate surface area is 133 Å².